The van der Waals surface area contributed by atoms with Crippen LogP contribution in [0.15, 0.2) is 65.6 Å². The lowest BCUT2D eigenvalue weighted by Gasteiger charge is -2.26. The van der Waals surface area contributed by atoms with Gasteiger partial charge in [-0.05, 0) is 66.9 Å². The van der Waals surface area contributed by atoms with Gasteiger partial charge in [-0.3, -0.25) is 9.10 Å². The maximum absolute atomic E-state index is 13.7. The van der Waals surface area contributed by atoms with Crippen molar-refractivity contribution in [2.24, 2.45) is 0 Å². The van der Waals surface area contributed by atoms with Gasteiger partial charge in [-0.1, -0.05) is 19.1 Å². The van der Waals surface area contributed by atoms with Crippen molar-refractivity contribution in [3.05, 3.63) is 77.6 Å². The molecule has 0 bridgehead atoms. The Balaban J connectivity index is 1.63. The van der Waals surface area contributed by atoms with E-state index in [0.29, 0.717) is 31.1 Å². The molecule has 4 rings (SSSR count). The first-order valence-electron chi connectivity index (χ1n) is 11.8. The molecule has 1 amide bonds. The van der Waals surface area contributed by atoms with Crippen LogP contribution < -0.4 is 23.8 Å². The highest BCUT2D eigenvalue weighted by Gasteiger charge is 2.29. The second kappa shape index (κ2) is 11.1. The second-order valence-electron chi connectivity index (χ2n) is 8.55. The normalized spacial score (nSPS) is 13.5. The number of aryl methyl sites for hydroxylation is 1. The molecule has 0 fully saturated rings. The summed E-state index contributed by atoms with van der Waals surface area (Å²) < 4.78 is 58.4. The maximum Gasteiger partial charge on any atom is 0.264 e. The predicted octanol–water partition coefficient (Wildman–Crippen LogP) is 4.38. The summed E-state index contributed by atoms with van der Waals surface area (Å²) in [5.41, 5.74) is 1.94. The zero-order chi connectivity index (χ0) is 26.6. The van der Waals surface area contributed by atoms with E-state index in [4.69, 9.17) is 14.2 Å². The number of amides is 1. The zero-order valence-electron chi connectivity index (χ0n) is 20.9. The van der Waals surface area contributed by atoms with E-state index in [1.165, 1.54) is 30.3 Å². The molecule has 1 atom stereocenters. The second-order valence-corrected chi connectivity index (χ2v) is 10.4. The van der Waals surface area contributed by atoms with Gasteiger partial charge in [0.25, 0.3) is 10.0 Å². The fourth-order valence-corrected chi connectivity index (χ4v) is 5.58. The third kappa shape index (κ3) is 5.80. The smallest absolute Gasteiger partial charge is 0.264 e. The fraction of sp³-hybridized carbons (Fsp3) is 0.296. The Bertz CT molecular complexity index is 1380. The molecule has 37 heavy (non-hydrogen) atoms. The molecular formula is C27H29FN2O6S. The number of nitrogens with one attached hydrogen (secondary N) is 1. The fourth-order valence-electron chi connectivity index (χ4n) is 4.14. The van der Waals surface area contributed by atoms with Gasteiger partial charge < -0.3 is 19.5 Å². The van der Waals surface area contributed by atoms with Crippen molar-refractivity contribution < 1.29 is 31.8 Å². The van der Waals surface area contributed by atoms with E-state index >= 15 is 0 Å². The average molecular weight is 529 g/mol. The molecule has 3 aromatic rings. The molecule has 3 aromatic carbocycles. The quantitative estimate of drug-likeness (QED) is 0.443. The number of carbonyl (C=O) groups excluding carboxylic acids is 1. The Morgan fingerprint density at radius 2 is 1.76 bits per heavy atom. The monoisotopic (exact) mass is 528 g/mol. The third-order valence-corrected chi connectivity index (χ3v) is 7.84. The Morgan fingerprint density at radius 1 is 1.05 bits per heavy atom. The summed E-state index contributed by atoms with van der Waals surface area (Å²) in [5, 5.41) is 2.93. The number of hydrogen-bond acceptors (Lipinski definition) is 6. The lowest BCUT2D eigenvalue weighted by molar-refractivity contribution is -0.120. The summed E-state index contributed by atoms with van der Waals surface area (Å²) in [6.07, 6.45) is 0.586. The molecule has 0 radical (unpaired) electrons. The number of sulfonamides is 1. The molecule has 0 saturated carbocycles. The number of carbonyl (C=O) groups is 1. The number of nitrogens with zero attached hydrogens (tertiary/aromatic N) is 1. The summed E-state index contributed by atoms with van der Waals surface area (Å²) >= 11 is 0. The Kier molecular flexibility index (Phi) is 7.87. The van der Waals surface area contributed by atoms with Gasteiger partial charge in [0.2, 0.25) is 5.91 Å². The van der Waals surface area contributed by atoms with Crippen LogP contribution in [0.25, 0.3) is 0 Å². The highest BCUT2D eigenvalue weighted by molar-refractivity contribution is 7.92. The van der Waals surface area contributed by atoms with Gasteiger partial charge in [0.1, 0.15) is 31.3 Å². The van der Waals surface area contributed by atoms with E-state index < -0.39 is 28.3 Å². The van der Waals surface area contributed by atoms with Crippen LogP contribution in [0.3, 0.4) is 0 Å². The van der Waals surface area contributed by atoms with Crippen molar-refractivity contribution in [1.29, 1.82) is 0 Å². The van der Waals surface area contributed by atoms with Gasteiger partial charge in [-0.15, -0.1) is 0 Å². The van der Waals surface area contributed by atoms with E-state index in [1.54, 1.807) is 7.11 Å². The van der Waals surface area contributed by atoms with Gasteiger partial charge in [0.15, 0.2) is 11.5 Å². The molecule has 0 aliphatic carbocycles. The lowest BCUT2D eigenvalue weighted by Crippen LogP contribution is -2.42. The summed E-state index contributed by atoms with van der Waals surface area (Å²) in [6.45, 7) is 3.99. The first-order chi connectivity index (χ1) is 17.7. The number of methoxy groups -OCH3 is 1. The average Bonchev–Trinajstić information content (AvgIpc) is 2.90. The number of fused-ring (bicyclic) bond motifs is 1. The van der Waals surface area contributed by atoms with Crippen molar-refractivity contribution in [2.45, 2.75) is 31.2 Å². The molecule has 1 aliphatic rings. The summed E-state index contributed by atoms with van der Waals surface area (Å²) in [7, 11) is -2.63. The molecule has 1 N–H and O–H groups in total. The van der Waals surface area contributed by atoms with Crippen LogP contribution in [0.1, 0.15) is 30.5 Å². The molecule has 1 aliphatic heterocycles. The van der Waals surface area contributed by atoms with E-state index in [0.717, 1.165) is 33.3 Å². The SMILES string of the molecule is CCC(NC(=O)CN(c1ccc(F)cc1)S(=O)(=O)c1ccc2c(c1)OCCO2)c1ccc(OC)c(C)c1. The van der Waals surface area contributed by atoms with Crippen LogP contribution in [-0.2, 0) is 14.8 Å². The van der Waals surface area contributed by atoms with Crippen LogP contribution >= 0.6 is 0 Å². The van der Waals surface area contributed by atoms with Gasteiger partial charge in [0, 0.05) is 6.07 Å². The minimum Gasteiger partial charge on any atom is -0.496 e. The standard InChI is InChI=1S/C27H29FN2O6S/c1-4-23(19-5-11-24(34-3)18(2)15-19)29-27(31)17-30(21-8-6-20(28)7-9-21)37(32,33)22-10-12-25-26(16-22)36-14-13-35-25/h5-12,15-16,23H,4,13-14,17H2,1-3H3,(H,29,31). The van der Waals surface area contributed by atoms with E-state index in [9.17, 15) is 17.6 Å². The molecule has 8 nitrogen and oxygen atoms in total. The van der Waals surface area contributed by atoms with Crippen LogP contribution in [0.5, 0.6) is 17.2 Å². The third-order valence-electron chi connectivity index (χ3n) is 6.07. The van der Waals surface area contributed by atoms with Crippen molar-refractivity contribution in [2.75, 3.05) is 31.2 Å². The van der Waals surface area contributed by atoms with Crippen molar-refractivity contribution in [3.8, 4) is 17.2 Å². The van der Waals surface area contributed by atoms with Gasteiger partial charge in [-0.2, -0.15) is 0 Å². The number of hydrogen-bond donors (Lipinski definition) is 1. The first kappa shape index (κ1) is 26.3. The Hall–Kier alpha value is -3.79. The van der Waals surface area contributed by atoms with E-state index in [-0.39, 0.29) is 16.6 Å². The topological polar surface area (TPSA) is 94.2 Å². The first-order valence-corrected chi connectivity index (χ1v) is 13.3. The van der Waals surface area contributed by atoms with Crippen LogP contribution in [0, 0.1) is 12.7 Å². The van der Waals surface area contributed by atoms with Crippen molar-refractivity contribution >= 4 is 21.6 Å². The molecule has 0 spiro atoms. The summed E-state index contributed by atoms with van der Waals surface area (Å²) in [4.78, 5) is 13.1. The number of halogens is 1. The number of ether oxygens (including phenoxy) is 3. The van der Waals surface area contributed by atoms with Gasteiger partial charge in [0.05, 0.1) is 23.7 Å². The Morgan fingerprint density at radius 3 is 2.41 bits per heavy atom. The van der Waals surface area contributed by atoms with E-state index in [1.807, 2.05) is 32.0 Å². The van der Waals surface area contributed by atoms with Crippen LogP contribution in [0.4, 0.5) is 10.1 Å². The van der Waals surface area contributed by atoms with E-state index in [2.05, 4.69) is 5.32 Å². The highest BCUT2D eigenvalue weighted by atomic mass is 32.2. The van der Waals surface area contributed by atoms with Crippen LogP contribution in [0.2, 0.25) is 0 Å². The minimum atomic E-state index is -4.22. The zero-order valence-corrected chi connectivity index (χ0v) is 21.7. The Labute approximate surface area is 216 Å². The van der Waals surface area contributed by atoms with Gasteiger partial charge in [-0.25, -0.2) is 12.8 Å². The van der Waals surface area contributed by atoms with Gasteiger partial charge >= 0.3 is 0 Å². The predicted molar refractivity (Wildman–Crippen MR) is 137 cm³/mol. The molecule has 1 unspecified atom stereocenters. The molecule has 0 saturated heterocycles. The largest absolute Gasteiger partial charge is 0.496 e. The van der Waals surface area contributed by atoms with Crippen LogP contribution in [-0.4, -0.2) is 41.2 Å². The highest BCUT2D eigenvalue weighted by Crippen LogP contribution is 2.34. The maximum atomic E-state index is 13.7. The van der Waals surface area contributed by atoms with Crippen molar-refractivity contribution in [3.63, 3.8) is 0 Å². The summed E-state index contributed by atoms with van der Waals surface area (Å²) in [5.74, 6) is 0.447. The molecular weight excluding hydrogens is 499 g/mol. The molecule has 196 valence electrons. The molecule has 10 heteroatoms. The molecule has 1 heterocycles. The number of rotatable bonds is 9. The van der Waals surface area contributed by atoms with Crippen molar-refractivity contribution in [1.82, 2.24) is 5.32 Å². The minimum absolute atomic E-state index is 0.0771. The summed E-state index contributed by atoms with van der Waals surface area (Å²) in [6, 6.07) is 14.5. The molecule has 0 aromatic heterocycles. The number of anilines is 1. The number of benzene rings is 3. The lowest BCUT2D eigenvalue weighted by atomic mass is 10.0.